The van der Waals surface area contributed by atoms with Gasteiger partial charge in [-0.2, -0.15) is 13.2 Å². The zero-order valence-electron chi connectivity index (χ0n) is 11.4. The highest BCUT2D eigenvalue weighted by atomic mass is 19.4. The van der Waals surface area contributed by atoms with Crippen LogP contribution >= 0.6 is 0 Å². The quantitative estimate of drug-likeness (QED) is 0.756. The summed E-state index contributed by atoms with van der Waals surface area (Å²) in [5.41, 5.74) is -1.32. The van der Waals surface area contributed by atoms with Gasteiger partial charge in [-0.05, 0) is 23.1 Å². The molecule has 0 spiro atoms. The van der Waals surface area contributed by atoms with Crippen LogP contribution in [0.5, 0.6) is 0 Å². The number of nitrogen functional groups attached to an aromatic ring is 1. The van der Waals surface area contributed by atoms with Gasteiger partial charge in [0.1, 0.15) is 0 Å². The van der Waals surface area contributed by atoms with Gasteiger partial charge in [-0.15, -0.1) is 0 Å². The van der Waals surface area contributed by atoms with Crippen LogP contribution in [0, 0.1) is 0 Å². The molecular formula is C14H15F3N2O. The molecule has 0 atom stereocenters. The summed E-state index contributed by atoms with van der Waals surface area (Å²) in [6, 6.07) is 5.12. The number of fused-ring (bicyclic) bond motifs is 1. The lowest BCUT2D eigenvalue weighted by Gasteiger charge is -2.21. The van der Waals surface area contributed by atoms with Crippen LogP contribution in [-0.4, -0.2) is 4.68 Å². The van der Waals surface area contributed by atoms with E-state index in [9.17, 15) is 18.0 Å². The molecule has 3 nitrogen and oxygen atoms in total. The second kappa shape index (κ2) is 4.26. The zero-order chi connectivity index (χ0) is 15.3. The van der Waals surface area contributed by atoms with Crippen molar-refractivity contribution < 1.29 is 13.2 Å². The highest BCUT2D eigenvalue weighted by Gasteiger charge is 2.34. The van der Waals surface area contributed by atoms with Crippen molar-refractivity contribution in [2.24, 2.45) is 0 Å². The van der Waals surface area contributed by atoms with Crippen molar-refractivity contribution >= 4 is 10.9 Å². The molecule has 1 heterocycles. The van der Waals surface area contributed by atoms with Crippen molar-refractivity contribution in [1.82, 2.24) is 4.68 Å². The van der Waals surface area contributed by atoms with E-state index in [1.54, 1.807) is 6.07 Å². The molecule has 6 heteroatoms. The van der Waals surface area contributed by atoms with Crippen molar-refractivity contribution in [2.45, 2.75) is 32.4 Å². The van der Waals surface area contributed by atoms with E-state index < -0.39 is 17.3 Å². The van der Waals surface area contributed by atoms with Crippen LogP contribution in [-0.2, 0) is 11.6 Å². The fourth-order valence-corrected chi connectivity index (χ4v) is 2.05. The van der Waals surface area contributed by atoms with Crippen LogP contribution in [0.25, 0.3) is 10.9 Å². The third-order valence-corrected chi connectivity index (χ3v) is 3.22. The van der Waals surface area contributed by atoms with Gasteiger partial charge >= 0.3 is 6.18 Å². The molecule has 1 aromatic heterocycles. The number of pyridine rings is 1. The second-order valence-corrected chi connectivity index (χ2v) is 5.75. The molecule has 0 radical (unpaired) electrons. The largest absolute Gasteiger partial charge is 0.417 e. The van der Waals surface area contributed by atoms with Gasteiger partial charge in [-0.25, -0.2) is 4.68 Å². The minimum atomic E-state index is -4.60. The third-order valence-electron chi connectivity index (χ3n) is 3.22. The molecule has 0 saturated heterocycles. The summed E-state index contributed by atoms with van der Waals surface area (Å²) in [6.45, 7) is 5.71. The lowest BCUT2D eigenvalue weighted by Crippen LogP contribution is -2.29. The van der Waals surface area contributed by atoms with Crippen LogP contribution in [0.1, 0.15) is 31.9 Å². The van der Waals surface area contributed by atoms with Gasteiger partial charge in [-0.1, -0.05) is 26.8 Å². The maximum atomic E-state index is 13.1. The number of aromatic nitrogens is 1. The Morgan fingerprint density at radius 2 is 1.70 bits per heavy atom. The van der Waals surface area contributed by atoms with E-state index in [1.807, 2.05) is 20.8 Å². The highest BCUT2D eigenvalue weighted by Crippen LogP contribution is 2.35. The van der Waals surface area contributed by atoms with E-state index >= 15 is 0 Å². The first kappa shape index (κ1) is 14.4. The minimum Gasteiger partial charge on any atom is -0.336 e. The number of nitrogens with two attached hydrogens (primary N) is 1. The van der Waals surface area contributed by atoms with Gasteiger partial charge in [0.2, 0.25) is 0 Å². The molecule has 108 valence electrons. The predicted octanol–water partition coefficient (Wildman–Crippen LogP) is 3.03. The van der Waals surface area contributed by atoms with E-state index in [0.717, 1.165) is 10.2 Å². The van der Waals surface area contributed by atoms with Crippen molar-refractivity contribution in [2.75, 3.05) is 5.84 Å². The number of alkyl halides is 3. The normalized spacial score (nSPS) is 12.9. The number of hydrogen-bond donors (Lipinski definition) is 1. The van der Waals surface area contributed by atoms with E-state index in [2.05, 4.69) is 0 Å². The molecule has 2 aromatic rings. The molecule has 0 fully saturated rings. The SMILES string of the molecule is CC(C)(C)c1ccc2c(c1)c(C(F)(F)F)cc(=O)n2N. The second-order valence-electron chi connectivity index (χ2n) is 5.75. The molecule has 0 aliphatic heterocycles. The predicted molar refractivity (Wildman–Crippen MR) is 72.1 cm³/mol. The van der Waals surface area contributed by atoms with Gasteiger partial charge in [0.15, 0.2) is 0 Å². The highest BCUT2D eigenvalue weighted by molar-refractivity contribution is 5.84. The first-order chi connectivity index (χ1) is 9.01. The van der Waals surface area contributed by atoms with Crippen molar-refractivity contribution in [3.8, 4) is 0 Å². The summed E-state index contributed by atoms with van der Waals surface area (Å²) in [4.78, 5) is 11.5. The Hall–Kier alpha value is -1.98. The first-order valence-corrected chi connectivity index (χ1v) is 6.04. The molecular weight excluding hydrogens is 269 g/mol. The molecule has 20 heavy (non-hydrogen) atoms. The van der Waals surface area contributed by atoms with Crippen LogP contribution in [0.4, 0.5) is 13.2 Å². The van der Waals surface area contributed by atoms with Gasteiger partial charge in [-0.3, -0.25) is 4.79 Å². The lowest BCUT2D eigenvalue weighted by atomic mass is 9.86. The summed E-state index contributed by atoms with van der Waals surface area (Å²) >= 11 is 0. The molecule has 0 unspecified atom stereocenters. The molecule has 0 bridgehead atoms. The van der Waals surface area contributed by atoms with Gasteiger partial charge in [0, 0.05) is 11.5 Å². The van der Waals surface area contributed by atoms with Crippen LogP contribution in [0.3, 0.4) is 0 Å². The number of benzene rings is 1. The number of halogens is 3. The molecule has 0 aliphatic carbocycles. The van der Waals surface area contributed by atoms with Crippen molar-refractivity contribution in [1.29, 1.82) is 0 Å². The Balaban J connectivity index is 2.92. The van der Waals surface area contributed by atoms with Crippen LogP contribution < -0.4 is 11.4 Å². The number of hydrogen-bond acceptors (Lipinski definition) is 2. The van der Waals surface area contributed by atoms with E-state index in [0.29, 0.717) is 6.07 Å². The molecule has 0 aliphatic rings. The Labute approximate surface area is 113 Å². The monoisotopic (exact) mass is 284 g/mol. The fourth-order valence-electron chi connectivity index (χ4n) is 2.05. The third kappa shape index (κ3) is 2.37. The Kier molecular flexibility index (Phi) is 3.07. The Morgan fingerprint density at radius 3 is 2.20 bits per heavy atom. The summed E-state index contributed by atoms with van der Waals surface area (Å²) < 4.78 is 39.9. The standard InChI is InChI=1S/C14H15F3N2O/c1-13(2,3)8-4-5-11-9(6-8)10(14(15,16)17)7-12(20)19(11)18/h4-7H,18H2,1-3H3. The van der Waals surface area contributed by atoms with E-state index in [-0.39, 0.29) is 16.3 Å². The van der Waals surface area contributed by atoms with Gasteiger partial charge < -0.3 is 5.84 Å². The van der Waals surface area contributed by atoms with Gasteiger partial charge in [0.05, 0.1) is 11.1 Å². The number of rotatable bonds is 0. The topological polar surface area (TPSA) is 48.0 Å². The Morgan fingerprint density at radius 1 is 1.10 bits per heavy atom. The zero-order valence-corrected chi connectivity index (χ0v) is 11.4. The van der Waals surface area contributed by atoms with Gasteiger partial charge in [0.25, 0.3) is 5.56 Å². The van der Waals surface area contributed by atoms with E-state index in [1.165, 1.54) is 12.1 Å². The average molecular weight is 284 g/mol. The summed E-state index contributed by atoms with van der Waals surface area (Å²) in [6.07, 6.45) is -4.60. The minimum absolute atomic E-state index is 0.0629. The molecule has 2 rings (SSSR count). The summed E-state index contributed by atoms with van der Waals surface area (Å²) in [5.74, 6) is 5.53. The first-order valence-electron chi connectivity index (χ1n) is 6.04. The molecule has 0 amide bonds. The average Bonchev–Trinajstić information content (AvgIpc) is 2.30. The maximum absolute atomic E-state index is 13.1. The Bertz CT molecular complexity index is 724. The molecule has 2 N–H and O–H groups in total. The maximum Gasteiger partial charge on any atom is 0.417 e. The fraction of sp³-hybridized carbons (Fsp3) is 0.357. The van der Waals surface area contributed by atoms with Crippen molar-refractivity contribution in [3.05, 3.63) is 45.7 Å². The summed E-state index contributed by atoms with van der Waals surface area (Å²) in [5, 5.41) is -0.0629. The van der Waals surface area contributed by atoms with Crippen LogP contribution in [0.15, 0.2) is 29.1 Å². The lowest BCUT2D eigenvalue weighted by molar-refractivity contribution is -0.136. The van der Waals surface area contributed by atoms with Crippen molar-refractivity contribution in [3.63, 3.8) is 0 Å². The number of nitrogens with zero attached hydrogens (tertiary/aromatic N) is 1. The van der Waals surface area contributed by atoms with E-state index in [4.69, 9.17) is 5.84 Å². The summed E-state index contributed by atoms with van der Waals surface area (Å²) in [7, 11) is 0. The van der Waals surface area contributed by atoms with Crippen LogP contribution in [0.2, 0.25) is 0 Å². The smallest absolute Gasteiger partial charge is 0.336 e. The molecule has 1 aromatic carbocycles. The molecule has 0 saturated carbocycles.